The minimum Gasteiger partial charge on any atom is -0.376 e. The molecule has 0 spiro atoms. The van der Waals surface area contributed by atoms with Crippen LogP contribution >= 0.6 is 0 Å². The number of aromatic amines is 1. The van der Waals surface area contributed by atoms with Crippen LogP contribution in [0.25, 0.3) is 10.9 Å². The van der Waals surface area contributed by atoms with Gasteiger partial charge >= 0.3 is 0 Å². The van der Waals surface area contributed by atoms with E-state index in [9.17, 15) is 9.59 Å². The number of H-pyrrole nitrogens is 1. The molecule has 0 bridgehead atoms. The number of nitrogens with zero attached hydrogens (tertiary/aromatic N) is 1. The van der Waals surface area contributed by atoms with Crippen LogP contribution in [0.3, 0.4) is 0 Å². The van der Waals surface area contributed by atoms with Crippen LogP contribution in [-0.2, 0) is 20.7 Å². The zero-order valence-corrected chi connectivity index (χ0v) is 14.1. The van der Waals surface area contributed by atoms with Crippen LogP contribution < -0.4 is 10.9 Å². The van der Waals surface area contributed by atoms with Gasteiger partial charge in [0.2, 0.25) is 5.91 Å². The van der Waals surface area contributed by atoms with Crippen LogP contribution in [0.1, 0.15) is 25.1 Å². The molecule has 2 aromatic rings. The number of aromatic nitrogens is 2. The molecule has 1 aliphatic rings. The van der Waals surface area contributed by atoms with Crippen LogP contribution in [0.5, 0.6) is 0 Å². The molecule has 7 heteroatoms. The van der Waals surface area contributed by atoms with Crippen molar-refractivity contribution >= 4 is 16.8 Å². The van der Waals surface area contributed by atoms with Gasteiger partial charge in [0.15, 0.2) is 0 Å². The molecule has 0 unspecified atom stereocenters. The number of fused-ring (bicyclic) bond motifs is 1. The maximum atomic E-state index is 12.0. The number of hydrogen-bond acceptors (Lipinski definition) is 5. The summed E-state index contributed by atoms with van der Waals surface area (Å²) in [6, 6.07) is 7.18. The molecule has 0 aliphatic carbocycles. The maximum absolute atomic E-state index is 12.0. The Kier molecular flexibility index (Phi) is 6.14. The van der Waals surface area contributed by atoms with Crippen molar-refractivity contribution in [2.45, 2.75) is 31.8 Å². The Balaban J connectivity index is 1.40. The molecule has 0 radical (unpaired) electrons. The van der Waals surface area contributed by atoms with E-state index in [1.807, 2.05) is 6.07 Å². The first-order valence-corrected chi connectivity index (χ1v) is 8.66. The highest BCUT2D eigenvalue weighted by Gasteiger charge is 2.14. The summed E-state index contributed by atoms with van der Waals surface area (Å²) in [6.07, 6.45) is 3.80. The molecule has 25 heavy (non-hydrogen) atoms. The first kappa shape index (κ1) is 17.6. The number of benzene rings is 1. The van der Waals surface area contributed by atoms with E-state index < -0.39 is 0 Å². The van der Waals surface area contributed by atoms with Gasteiger partial charge in [-0.15, -0.1) is 0 Å². The third-order valence-electron chi connectivity index (χ3n) is 4.16. The number of hydrogen-bond donors (Lipinski definition) is 2. The van der Waals surface area contributed by atoms with Crippen molar-refractivity contribution in [2.24, 2.45) is 0 Å². The molecular formula is C18H23N3O4. The summed E-state index contributed by atoms with van der Waals surface area (Å²) in [7, 11) is 0. The van der Waals surface area contributed by atoms with E-state index in [2.05, 4.69) is 15.3 Å². The lowest BCUT2D eigenvalue weighted by molar-refractivity contribution is -0.127. The predicted octanol–water partition coefficient (Wildman–Crippen LogP) is 1.17. The summed E-state index contributed by atoms with van der Waals surface area (Å²) in [6.45, 7) is 1.63. The summed E-state index contributed by atoms with van der Waals surface area (Å²) >= 11 is 0. The number of carbonyl (C=O) groups excluding carboxylic acids is 1. The molecule has 1 amide bonds. The van der Waals surface area contributed by atoms with Gasteiger partial charge < -0.3 is 19.8 Å². The summed E-state index contributed by atoms with van der Waals surface area (Å²) in [5, 5.41) is 3.33. The Bertz CT molecular complexity index is 768. The summed E-state index contributed by atoms with van der Waals surface area (Å²) in [5.41, 5.74) is 0.492. The number of amides is 1. The first-order valence-electron chi connectivity index (χ1n) is 8.66. The van der Waals surface area contributed by atoms with Crippen LogP contribution in [0, 0.1) is 0 Å². The molecule has 1 aromatic carbocycles. The van der Waals surface area contributed by atoms with Gasteiger partial charge in [-0.1, -0.05) is 12.1 Å². The third-order valence-corrected chi connectivity index (χ3v) is 4.16. The maximum Gasteiger partial charge on any atom is 0.258 e. The lowest BCUT2D eigenvalue weighted by atomic mass is 10.1. The lowest BCUT2D eigenvalue weighted by Crippen LogP contribution is -2.32. The van der Waals surface area contributed by atoms with E-state index in [4.69, 9.17) is 9.47 Å². The van der Waals surface area contributed by atoms with Crippen molar-refractivity contribution in [2.75, 3.05) is 26.4 Å². The molecule has 2 heterocycles. The van der Waals surface area contributed by atoms with Crippen molar-refractivity contribution in [3.8, 4) is 0 Å². The Morgan fingerprint density at radius 3 is 3.08 bits per heavy atom. The molecule has 1 saturated heterocycles. The fourth-order valence-corrected chi connectivity index (χ4v) is 2.85. The topological polar surface area (TPSA) is 93.3 Å². The normalized spacial score (nSPS) is 17.5. The van der Waals surface area contributed by atoms with Gasteiger partial charge in [0, 0.05) is 19.6 Å². The standard InChI is InChI=1S/C18H23N3O4/c22-17(12-24-11-13-5-3-4-10-25-13)19-9-8-16-20-15-7-2-1-6-14(15)18(23)21-16/h1-2,6-7,13H,3-5,8-12H2,(H,19,22)(H,20,21,23)/t13-/m1/s1. The summed E-state index contributed by atoms with van der Waals surface area (Å²) in [4.78, 5) is 30.9. The first-order chi connectivity index (χ1) is 12.2. The van der Waals surface area contributed by atoms with Crippen molar-refractivity contribution in [1.82, 2.24) is 15.3 Å². The molecule has 1 aromatic heterocycles. The van der Waals surface area contributed by atoms with E-state index >= 15 is 0 Å². The fourth-order valence-electron chi connectivity index (χ4n) is 2.85. The van der Waals surface area contributed by atoms with Crippen molar-refractivity contribution in [1.29, 1.82) is 0 Å². The highest BCUT2D eigenvalue weighted by molar-refractivity contribution is 5.77. The lowest BCUT2D eigenvalue weighted by Gasteiger charge is -2.22. The second-order valence-corrected chi connectivity index (χ2v) is 6.13. The Morgan fingerprint density at radius 1 is 1.36 bits per heavy atom. The zero-order chi connectivity index (χ0) is 17.5. The fraction of sp³-hybridized carbons (Fsp3) is 0.500. The number of rotatable bonds is 7. The Labute approximate surface area is 145 Å². The van der Waals surface area contributed by atoms with Crippen molar-refractivity contribution in [3.63, 3.8) is 0 Å². The van der Waals surface area contributed by atoms with Crippen LogP contribution in [0.4, 0.5) is 0 Å². The van der Waals surface area contributed by atoms with Gasteiger partial charge in [-0.05, 0) is 31.4 Å². The van der Waals surface area contributed by atoms with Crippen LogP contribution in [-0.4, -0.2) is 48.3 Å². The van der Waals surface area contributed by atoms with Gasteiger partial charge in [0.1, 0.15) is 12.4 Å². The highest BCUT2D eigenvalue weighted by Crippen LogP contribution is 2.12. The average molecular weight is 345 g/mol. The van der Waals surface area contributed by atoms with Gasteiger partial charge in [0.25, 0.3) is 5.56 Å². The summed E-state index contributed by atoms with van der Waals surface area (Å²) in [5.74, 6) is 0.375. The van der Waals surface area contributed by atoms with E-state index in [0.717, 1.165) is 25.9 Å². The van der Waals surface area contributed by atoms with Gasteiger partial charge in [0.05, 0.1) is 23.6 Å². The van der Waals surface area contributed by atoms with Crippen LogP contribution in [0.15, 0.2) is 29.1 Å². The van der Waals surface area contributed by atoms with E-state index in [1.54, 1.807) is 18.2 Å². The number of nitrogens with one attached hydrogen (secondary N) is 2. The minimum atomic E-state index is -0.182. The molecular weight excluding hydrogens is 322 g/mol. The molecule has 1 atom stereocenters. The smallest absolute Gasteiger partial charge is 0.258 e. The quantitative estimate of drug-likeness (QED) is 0.786. The van der Waals surface area contributed by atoms with Crippen LogP contribution in [0.2, 0.25) is 0 Å². The molecule has 134 valence electrons. The number of para-hydroxylation sites is 1. The van der Waals surface area contributed by atoms with Gasteiger partial charge in [-0.25, -0.2) is 4.98 Å². The largest absolute Gasteiger partial charge is 0.376 e. The van der Waals surface area contributed by atoms with Gasteiger partial charge in [-0.3, -0.25) is 9.59 Å². The molecule has 1 fully saturated rings. The number of ether oxygens (including phenoxy) is 2. The van der Waals surface area contributed by atoms with Crippen molar-refractivity contribution in [3.05, 3.63) is 40.4 Å². The average Bonchev–Trinajstić information content (AvgIpc) is 2.63. The highest BCUT2D eigenvalue weighted by atomic mass is 16.5. The second kappa shape index (κ2) is 8.73. The molecule has 2 N–H and O–H groups in total. The van der Waals surface area contributed by atoms with E-state index in [0.29, 0.717) is 36.3 Å². The molecule has 7 nitrogen and oxygen atoms in total. The monoisotopic (exact) mass is 345 g/mol. The molecule has 0 saturated carbocycles. The zero-order valence-electron chi connectivity index (χ0n) is 14.1. The number of carbonyl (C=O) groups is 1. The van der Waals surface area contributed by atoms with Crippen molar-refractivity contribution < 1.29 is 14.3 Å². The van der Waals surface area contributed by atoms with E-state index in [1.165, 1.54) is 0 Å². The molecule has 3 rings (SSSR count). The predicted molar refractivity (Wildman–Crippen MR) is 93.5 cm³/mol. The van der Waals surface area contributed by atoms with Gasteiger partial charge in [-0.2, -0.15) is 0 Å². The minimum absolute atomic E-state index is 0.0154. The van der Waals surface area contributed by atoms with E-state index in [-0.39, 0.29) is 24.2 Å². The SMILES string of the molecule is O=C(COC[C@H]1CCCCO1)NCCc1nc2ccccc2c(=O)[nH]1. The third kappa shape index (κ3) is 5.11. The molecule has 1 aliphatic heterocycles. The summed E-state index contributed by atoms with van der Waals surface area (Å²) < 4.78 is 11.0. The Hall–Kier alpha value is -2.25. The Morgan fingerprint density at radius 2 is 2.24 bits per heavy atom. The second-order valence-electron chi connectivity index (χ2n) is 6.13.